The van der Waals surface area contributed by atoms with Crippen LogP contribution in [0.2, 0.25) is 0 Å². The number of aryl methyl sites for hydroxylation is 1. The molecule has 6 heteroatoms. The van der Waals surface area contributed by atoms with E-state index in [1.165, 1.54) is 4.88 Å². The molecule has 0 aliphatic heterocycles. The number of ether oxygens (including phenoxy) is 2. The second-order valence-corrected chi connectivity index (χ2v) is 6.68. The molecular formula is C20H20N2O3S. The van der Waals surface area contributed by atoms with Crippen molar-refractivity contribution >= 4 is 22.9 Å². The van der Waals surface area contributed by atoms with Gasteiger partial charge in [0.1, 0.15) is 6.61 Å². The Balaban J connectivity index is 1.61. The Labute approximate surface area is 156 Å². The lowest BCUT2D eigenvalue weighted by atomic mass is 10.2. The summed E-state index contributed by atoms with van der Waals surface area (Å²) in [7, 11) is 1.59. The van der Waals surface area contributed by atoms with Crippen molar-refractivity contribution in [3.05, 3.63) is 70.7 Å². The van der Waals surface area contributed by atoms with E-state index in [4.69, 9.17) is 9.47 Å². The van der Waals surface area contributed by atoms with Gasteiger partial charge in [0, 0.05) is 41.0 Å². The van der Waals surface area contributed by atoms with Crippen molar-refractivity contribution in [1.82, 2.24) is 4.98 Å². The number of rotatable bonds is 8. The summed E-state index contributed by atoms with van der Waals surface area (Å²) in [6.45, 7) is 0.375. The Morgan fingerprint density at radius 2 is 2.12 bits per heavy atom. The third kappa shape index (κ3) is 5.07. The molecule has 0 bridgehead atoms. The molecule has 0 aliphatic carbocycles. The number of thiophene rings is 1. The van der Waals surface area contributed by atoms with Crippen molar-refractivity contribution < 1.29 is 14.3 Å². The Morgan fingerprint density at radius 3 is 2.85 bits per heavy atom. The van der Waals surface area contributed by atoms with Gasteiger partial charge in [0.2, 0.25) is 5.91 Å². The third-order valence-corrected chi connectivity index (χ3v) is 4.68. The average Bonchev–Trinajstić information content (AvgIpc) is 3.19. The number of nitrogens with one attached hydrogen (secondary N) is 1. The fourth-order valence-electron chi connectivity index (χ4n) is 2.43. The predicted molar refractivity (Wildman–Crippen MR) is 103 cm³/mol. The van der Waals surface area contributed by atoms with Crippen LogP contribution in [0.3, 0.4) is 0 Å². The highest BCUT2D eigenvalue weighted by Gasteiger charge is 2.09. The molecule has 0 spiro atoms. The number of pyridine rings is 1. The molecule has 5 nitrogen and oxygen atoms in total. The number of hydrogen-bond acceptors (Lipinski definition) is 5. The van der Waals surface area contributed by atoms with Crippen LogP contribution in [-0.4, -0.2) is 18.0 Å². The molecule has 1 aromatic carbocycles. The van der Waals surface area contributed by atoms with Gasteiger partial charge in [-0.05, 0) is 36.1 Å². The zero-order valence-corrected chi connectivity index (χ0v) is 15.3. The van der Waals surface area contributed by atoms with Crippen LogP contribution in [0.4, 0.5) is 5.69 Å². The van der Waals surface area contributed by atoms with Crippen LogP contribution < -0.4 is 14.8 Å². The van der Waals surface area contributed by atoms with Crippen molar-refractivity contribution in [2.75, 3.05) is 12.4 Å². The van der Waals surface area contributed by atoms with Crippen molar-refractivity contribution in [1.29, 1.82) is 0 Å². The van der Waals surface area contributed by atoms with Gasteiger partial charge in [-0.15, -0.1) is 11.3 Å². The molecule has 1 amide bonds. The first-order chi connectivity index (χ1) is 12.7. The van der Waals surface area contributed by atoms with Crippen molar-refractivity contribution in [2.24, 2.45) is 0 Å². The van der Waals surface area contributed by atoms with Crippen LogP contribution in [-0.2, 0) is 17.8 Å². The number of hydrogen-bond donors (Lipinski definition) is 1. The largest absolute Gasteiger partial charge is 0.493 e. The van der Waals surface area contributed by atoms with Gasteiger partial charge in [-0.1, -0.05) is 12.1 Å². The molecule has 26 heavy (non-hydrogen) atoms. The first-order valence-corrected chi connectivity index (χ1v) is 9.14. The van der Waals surface area contributed by atoms with Gasteiger partial charge in [0.25, 0.3) is 0 Å². The summed E-state index contributed by atoms with van der Waals surface area (Å²) in [5.41, 5.74) is 1.64. The summed E-state index contributed by atoms with van der Waals surface area (Å²) < 4.78 is 11.2. The molecular weight excluding hydrogens is 348 g/mol. The molecule has 0 unspecified atom stereocenters. The number of carbonyl (C=O) groups excluding carboxylic acids is 1. The number of amides is 1. The van der Waals surface area contributed by atoms with Gasteiger partial charge >= 0.3 is 0 Å². The van der Waals surface area contributed by atoms with Gasteiger partial charge in [-0.25, -0.2) is 0 Å². The van der Waals surface area contributed by atoms with Gasteiger partial charge in [-0.2, -0.15) is 0 Å². The maximum Gasteiger partial charge on any atom is 0.224 e. The molecule has 2 heterocycles. The minimum Gasteiger partial charge on any atom is -0.493 e. The molecule has 0 aliphatic rings. The predicted octanol–water partition coefficient (Wildman–Crippen LogP) is 4.30. The molecule has 3 rings (SSSR count). The lowest BCUT2D eigenvalue weighted by molar-refractivity contribution is -0.116. The van der Waals surface area contributed by atoms with E-state index in [-0.39, 0.29) is 5.91 Å². The number of carbonyl (C=O) groups is 1. The maximum absolute atomic E-state index is 12.2. The average molecular weight is 368 g/mol. The second kappa shape index (κ2) is 9.01. The van der Waals surface area contributed by atoms with Crippen LogP contribution in [0.1, 0.15) is 16.9 Å². The van der Waals surface area contributed by atoms with E-state index in [9.17, 15) is 4.79 Å². The highest BCUT2D eigenvalue weighted by Crippen LogP contribution is 2.31. The number of benzene rings is 1. The van der Waals surface area contributed by atoms with E-state index in [1.807, 2.05) is 29.6 Å². The SMILES string of the molecule is COc1ccc(NC(=O)CCc2cccs2)cc1OCc1cccnc1. The van der Waals surface area contributed by atoms with Gasteiger partial charge in [0.05, 0.1) is 7.11 Å². The number of nitrogens with zero attached hydrogens (tertiary/aromatic N) is 1. The standard InChI is InChI=1S/C20H20N2O3S/c1-24-18-8-6-16(22-20(23)9-7-17-5-3-11-26-17)12-19(18)25-14-15-4-2-10-21-13-15/h2-6,8,10-13H,7,9,14H2,1H3,(H,22,23). The lowest BCUT2D eigenvalue weighted by Crippen LogP contribution is -2.12. The number of anilines is 1. The van der Waals surface area contributed by atoms with Crippen molar-refractivity contribution in [3.63, 3.8) is 0 Å². The monoisotopic (exact) mass is 368 g/mol. The van der Waals surface area contributed by atoms with E-state index in [0.29, 0.717) is 30.2 Å². The number of aromatic nitrogens is 1. The molecule has 2 aromatic heterocycles. The van der Waals surface area contributed by atoms with E-state index in [2.05, 4.69) is 10.3 Å². The Morgan fingerprint density at radius 1 is 1.19 bits per heavy atom. The summed E-state index contributed by atoms with van der Waals surface area (Å²) in [5, 5.41) is 4.93. The quantitative estimate of drug-likeness (QED) is 0.644. The first kappa shape index (κ1) is 17.9. The molecule has 3 aromatic rings. The van der Waals surface area contributed by atoms with E-state index < -0.39 is 0 Å². The van der Waals surface area contributed by atoms with Crippen LogP contribution in [0.5, 0.6) is 11.5 Å². The highest BCUT2D eigenvalue weighted by atomic mass is 32.1. The lowest BCUT2D eigenvalue weighted by Gasteiger charge is -2.13. The zero-order chi connectivity index (χ0) is 18.2. The molecule has 0 fully saturated rings. The summed E-state index contributed by atoms with van der Waals surface area (Å²) in [5.74, 6) is 1.17. The smallest absolute Gasteiger partial charge is 0.224 e. The molecule has 1 N–H and O–H groups in total. The molecule has 0 radical (unpaired) electrons. The molecule has 0 saturated carbocycles. The van der Waals surface area contributed by atoms with E-state index in [0.717, 1.165) is 12.0 Å². The fraction of sp³-hybridized carbons (Fsp3) is 0.200. The Bertz CT molecular complexity index is 836. The summed E-state index contributed by atoms with van der Waals surface area (Å²) in [6, 6.07) is 13.2. The summed E-state index contributed by atoms with van der Waals surface area (Å²) in [4.78, 5) is 17.4. The maximum atomic E-state index is 12.2. The molecule has 134 valence electrons. The Kier molecular flexibility index (Phi) is 6.22. The van der Waals surface area contributed by atoms with Crippen LogP contribution in [0.25, 0.3) is 0 Å². The number of methoxy groups -OCH3 is 1. The van der Waals surface area contributed by atoms with Crippen LogP contribution in [0, 0.1) is 0 Å². The Hall–Kier alpha value is -2.86. The minimum absolute atomic E-state index is 0.0261. The van der Waals surface area contributed by atoms with Crippen LogP contribution in [0.15, 0.2) is 60.2 Å². The zero-order valence-electron chi connectivity index (χ0n) is 14.5. The molecule has 0 saturated heterocycles. The van der Waals surface area contributed by atoms with E-state index in [1.54, 1.807) is 49.0 Å². The van der Waals surface area contributed by atoms with Gasteiger partial charge in [0.15, 0.2) is 11.5 Å². The molecule has 0 atom stereocenters. The second-order valence-electron chi connectivity index (χ2n) is 5.64. The summed E-state index contributed by atoms with van der Waals surface area (Å²) in [6.07, 6.45) is 4.65. The first-order valence-electron chi connectivity index (χ1n) is 8.26. The third-order valence-electron chi connectivity index (χ3n) is 3.74. The van der Waals surface area contributed by atoms with Crippen molar-refractivity contribution in [2.45, 2.75) is 19.4 Å². The van der Waals surface area contributed by atoms with E-state index >= 15 is 0 Å². The van der Waals surface area contributed by atoms with Gasteiger partial charge in [-0.3, -0.25) is 9.78 Å². The fourth-order valence-corrected chi connectivity index (χ4v) is 3.14. The summed E-state index contributed by atoms with van der Waals surface area (Å²) >= 11 is 1.66. The highest BCUT2D eigenvalue weighted by molar-refractivity contribution is 7.09. The van der Waals surface area contributed by atoms with Crippen LogP contribution >= 0.6 is 11.3 Å². The topological polar surface area (TPSA) is 60.5 Å². The van der Waals surface area contributed by atoms with Crippen molar-refractivity contribution in [3.8, 4) is 11.5 Å². The normalized spacial score (nSPS) is 10.3. The minimum atomic E-state index is -0.0261. The van der Waals surface area contributed by atoms with Gasteiger partial charge < -0.3 is 14.8 Å².